The predicted molar refractivity (Wildman–Crippen MR) is 90.8 cm³/mol. The van der Waals surface area contributed by atoms with Crippen molar-refractivity contribution in [1.82, 2.24) is 5.32 Å². The molecule has 0 radical (unpaired) electrons. The minimum absolute atomic E-state index is 0.0627. The maximum atomic E-state index is 12.0. The van der Waals surface area contributed by atoms with E-state index in [1.165, 1.54) is 0 Å². The van der Waals surface area contributed by atoms with Crippen LogP contribution in [0.4, 0.5) is 5.69 Å². The number of hydrogen-bond acceptors (Lipinski definition) is 5. The summed E-state index contributed by atoms with van der Waals surface area (Å²) in [7, 11) is 0. The van der Waals surface area contributed by atoms with Crippen molar-refractivity contribution in [3.05, 3.63) is 77.1 Å². The lowest BCUT2D eigenvalue weighted by molar-refractivity contribution is -0.138. The van der Waals surface area contributed by atoms with E-state index in [1.54, 1.807) is 6.92 Å². The summed E-state index contributed by atoms with van der Waals surface area (Å²) in [5.41, 5.74) is 2.89. The Morgan fingerprint density at radius 1 is 1.17 bits per heavy atom. The van der Waals surface area contributed by atoms with Crippen molar-refractivity contribution in [2.45, 2.75) is 13.0 Å². The number of benzene rings is 2. The molecular formula is C19H17N3O2. The summed E-state index contributed by atoms with van der Waals surface area (Å²) in [5, 5.41) is 15.8. The summed E-state index contributed by atoms with van der Waals surface area (Å²) in [4.78, 5) is 12.0. The van der Waals surface area contributed by atoms with Crippen molar-refractivity contribution < 1.29 is 9.53 Å². The van der Waals surface area contributed by atoms with E-state index in [1.807, 2.05) is 60.7 Å². The van der Waals surface area contributed by atoms with Crippen molar-refractivity contribution >= 4 is 11.7 Å². The number of hydrogen-bond donors (Lipinski definition) is 2. The molecule has 2 N–H and O–H groups in total. The number of carbonyl (C=O) groups is 1. The predicted octanol–water partition coefficient (Wildman–Crippen LogP) is 3.09. The highest BCUT2D eigenvalue weighted by molar-refractivity contribution is 5.94. The third-order valence-electron chi connectivity index (χ3n) is 3.79. The van der Waals surface area contributed by atoms with Crippen LogP contribution in [0.15, 0.2) is 66.0 Å². The van der Waals surface area contributed by atoms with Gasteiger partial charge in [-0.3, -0.25) is 0 Å². The summed E-state index contributed by atoms with van der Waals surface area (Å²) in [6, 6.07) is 19.5. The van der Waals surface area contributed by atoms with Crippen LogP contribution in [0.1, 0.15) is 24.1 Å². The Hall–Kier alpha value is -3.26. The molecule has 5 nitrogen and oxygen atoms in total. The maximum Gasteiger partial charge on any atom is 0.352 e. The molecule has 0 aliphatic carbocycles. The molecule has 3 rings (SSSR count). The zero-order chi connectivity index (χ0) is 16.9. The third-order valence-corrected chi connectivity index (χ3v) is 3.79. The normalized spacial score (nSPS) is 17.6. The van der Waals surface area contributed by atoms with E-state index >= 15 is 0 Å². The number of para-hydroxylation sites is 1. The Bertz CT molecular complexity index is 822. The van der Waals surface area contributed by atoms with Gasteiger partial charge in [0, 0.05) is 11.3 Å². The van der Waals surface area contributed by atoms with Crippen LogP contribution in [0.2, 0.25) is 0 Å². The summed E-state index contributed by atoms with van der Waals surface area (Å²) in [6.45, 7) is 1.93. The molecule has 1 aliphatic heterocycles. The number of carbonyl (C=O) groups excluding carboxylic acids is 1. The fourth-order valence-corrected chi connectivity index (χ4v) is 2.71. The van der Waals surface area contributed by atoms with Crippen LogP contribution in [0.5, 0.6) is 0 Å². The smallest absolute Gasteiger partial charge is 0.352 e. The topological polar surface area (TPSA) is 74.2 Å². The molecule has 0 saturated heterocycles. The molecule has 24 heavy (non-hydrogen) atoms. The first kappa shape index (κ1) is 15.6. The van der Waals surface area contributed by atoms with Gasteiger partial charge >= 0.3 is 5.97 Å². The summed E-state index contributed by atoms with van der Waals surface area (Å²) >= 11 is 0. The van der Waals surface area contributed by atoms with E-state index in [0.717, 1.165) is 16.8 Å². The van der Waals surface area contributed by atoms with Gasteiger partial charge in [0.05, 0.1) is 12.6 Å². The molecule has 2 aromatic carbocycles. The van der Waals surface area contributed by atoms with E-state index in [4.69, 9.17) is 4.74 Å². The van der Waals surface area contributed by atoms with Gasteiger partial charge in [0.25, 0.3) is 0 Å². The van der Waals surface area contributed by atoms with E-state index in [-0.39, 0.29) is 18.2 Å². The lowest BCUT2D eigenvalue weighted by Crippen LogP contribution is -2.34. The molecule has 0 aromatic heterocycles. The van der Waals surface area contributed by atoms with Gasteiger partial charge in [-0.15, -0.1) is 0 Å². The Labute approximate surface area is 140 Å². The molecule has 0 fully saturated rings. The monoisotopic (exact) mass is 319 g/mol. The third kappa shape index (κ3) is 2.95. The minimum atomic E-state index is -0.638. The maximum absolute atomic E-state index is 12.0. The van der Waals surface area contributed by atoms with Gasteiger partial charge in [-0.1, -0.05) is 48.5 Å². The molecule has 2 aromatic rings. The van der Waals surface area contributed by atoms with E-state index in [0.29, 0.717) is 5.82 Å². The van der Waals surface area contributed by atoms with Gasteiger partial charge in [-0.2, -0.15) is 5.26 Å². The van der Waals surface area contributed by atoms with Gasteiger partial charge < -0.3 is 15.4 Å². The lowest BCUT2D eigenvalue weighted by atomic mass is 9.95. The molecule has 0 spiro atoms. The second-order valence-corrected chi connectivity index (χ2v) is 5.28. The van der Waals surface area contributed by atoms with Crippen LogP contribution < -0.4 is 10.6 Å². The number of ether oxygens (including phenoxy) is 1. The molecule has 1 atom stereocenters. The SMILES string of the molecule is CCOC(=O)C(C#N)=C1Nc2ccccc2C(c2ccccc2)N1. The summed E-state index contributed by atoms with van der Waals surface area (Å²) < 4.78 is 4.98. The number of esters is 1. The van der Waals surface area contributed by atoms with Crippen LogP contribution >= 0.6 is 0 Å². The van der Waals surface area contributed by atoms with Crippen molar-refractivity contribution in [1.29, 1.82) is 5.26 Å². The highest BCUT2D eigenvalue weighted by Gasteiger charge is 2.27. The molecule has 0 bridgehead atoms. The number of nitriles is 1. The summed E-state index contributed by atoms with van der Waals surface area (Å²) in [6.07, 6.45) is 0. The number of fused-ring (bicyclic) bond motifs is 1. The van der Waals surface area contributed by atoms with Gasteiger partial charge in [0.2, 0.25) is 0 Å². The molecule has 0 amide bonds. The Morgan fingerprint density at radius 2 is 1.88 bits per heavy atom. The Balaban J connectivity index is 2.08. The highest BCUT2D eigenvalue weighted by Crippen LogP contribution is 2.34. The average Bonchev–Trinajstić information content (AvgIpc) is 2.62. The van der Waals surface area contributed by atoms with Crippen molar-refractivity contribution in [3.8, 4) is 6.07 Å². The lowest BCUT2D eigenvalue weighted by Gasteiger charge is -2.31. The molecule has 1 heterocycles. The number of rotatable bonds is 3. The van der Waals surface area contributed by atoms with Crippen molar-refractivity contribution in [3.63, 3.8) is 0 Å². The van der Waals surface area contributed by atoms with Gasteiger partial charge in [0.1, 0.15) is 11.9 Å². The quantitative estimate of drug-likeness (QED) is 0.516. The van der Waals surface area contributed by atoms with Gasteiger partial charge in [-0.25, -0.2) is 4.79 Å². The zero-order valence-electron chi connectivity index (χ0n) is 13.2. The molecule has 5 heteroatoms. The Kier molecular flexibility index (Phi) is 4.48. The first-order chi connectivity index (χ1) is 11.7. The molecular weight excluding hydrogens is 302 g/mol. The second kappa shape index (κ2) is 6.88. The summed E-state index contributed by atoms with van der Waals surface area (Å²) in [5.74, 6) is -0.273. The molecule has 1 aliphatic rings. The van der Waals surface area contributed by atoms with Crippen LogP contribution in [0.3, 0.4) is 0 Å². The van der Waals surface area contributed by atoms with Crippen LogP contribution in [-0.4, -0.2) is 12.6 Å². The fourth-order valence-electron chi connectivity index (χ4n) is 2.71. The van der Waals surface area contributed by atoms with Gasteiger partial charge in [0.15, 0.2) is 5.57 Å². The fraction of sp³-hybridized carbons (Fsp3) is 0.158. The zero-order valence-corrected chi connectivity index (χ0v) is 13.2. The van der Waals surface area contributed by atoms with E-state index < -0.39 is 5.97 Å². The largest absolute Gasteiger partial charge is 0.462 e. The molecule has 120 valence electrons. The first-order valence-electron chi connectivity index (χ1n) is 7.73. The van der Waals surface area contributed by atoms with Crippen LogP contribution in [-0.2, 0) is 9.53 Å². The highest BCUT2D eigenvalue weighted by atomic mass is 16.5. The van der Waals surface area contributed by atoms with Crippen molar-refractivity contribution in [2.75, 3.05) is 11.9 Å². The minimum Gasteiger partial charge on any atom is -0.462 e. The number of nitrogens with zero attached hydrogens (tertiary/aromatic N) is 1. The van der Waals surface area contributed by atoms with E-state index in [9.17, 15) is 10.1 Å². The second-order valence-electron chi connectivity index (χ2n) is 5.28. The van der Waals surface area contributed by atoms with Crippen LogP contribution in [0.25, 0.3) is 0 Å². The first-order valence-corrected chi connectivity index (χ1v) is 7.73. The van der Waals surface area contributed by atoms with Gasteiger partial charge in [-0.05, 0) is 18.6 Å². The number of nitrogens with one attached hydrogen (secondary N) is 2. The van der Waals surface area contributed by atoms with E-state index in [2.05, 4.69) is 10.6 Å². The number of anilines is 1. The van der Waals surface area contributed by atoms with Crippen molar-refractivity contribution in [2.24, 2.45) is 0 Å². The van der Waals surface area contributed by atoms with Crippen LogP contribution in [0, 0.1) is 11.3 Å². The Morgan fingerprint density at radius 3 is 2.58 bits per heavy atom. The average molecular weight is 319 g/mol. The molecule has 1 unspecified atom stereocenters. The molecule has 0 saturated carbocycles. The standard InChI is InChI=1S/C19H17N3O2/c1-2-24-19(23)15(12-20)18-21-16-11-7-6-10-14(16)17(22-18)13-8-4-3-5-9-13/h3-11,17,21-22H,2H2,1H3.